The number of hydrogen-bond donors (Lipinski definition) is 2. The molecule has 0 saturated carbocycles. The molecule has 0 aliphatic carbocycles. The maximum atomic E-state index is 11.8. The molecule has 0 spiro atoms. The molecule has 5 nitrogen and oxygen atoms in total. The van der Waals surface area contributed by atoms with Crippen molar-refractivity contribution in [2.45, 2.75) is 39.3 Å². The lowest BCUT2D eigenvalue weighted by atomic mass is 10.2. The molecule has 2 aromatic rings. The molecule has 2 aromatic heterocycles. The van der Waals surface area contributed by atoms with Crippen LogP contribution in [0, 0.1) is 4.77 Å². The SMILES string of the molecule is CCC(C)NC(=O)CCn1c(-c2cccs2)n[nH]c1=S. The number of nitrogens with one attached hydrogen (secondary N) is 2. The average Bonchev–Trinajstić information content (AvgIpc) is 3.05. The van der Waals surface area contributed by atoms with Gasteiger partial charge in [-0.2, -0.15) is 5.10 Å². The summed E-state index contributed by atoms with van der Waals surface area (Å²) in [5.41, 5.74) is 0. The van der Waals surface area contributed by atoms with Crippen molar-refractivity contribution >= 4 is 29.5 Å². The average molecular weight is 310 g/mol. The fourth-order valence-corrected chi connectivity index (χ4v) is 2.73. The van der Waals surface area contributed by atoms with Crippen LogP contribution in [0.25, 0.3) is 10.7 Å². The maximum absolute atomic E-state index is 11.8. The summed E-state index contributed by atoms with van der Waals surface area (Å²) in [6.45, 7) is 4.58. The van der Waals surface area contributed by atoms with Crippen LogP contribution in [-0.2, 0) is 11.3 Å². The Hall–Kier alpha value is -1.47. The number of carbonyl (C=O) groups is 1. The van der Waals surface area contributed by atoms with E-state index < -0.39 is 0 Å². The molecule has 0 fully saturated rings. The molecule has 20 heavy (non-hydrogen) atoms. The highest BCUT2D eigenvalue weighted by Gasteiger charge is 2.12. The zero-order chi connectivity index (χ0) is 14.5. The minimum absolute atomic E-state index is 0.0413. The van der Waals surface area contributed by atoms with E-state index in [9.17, 15) is 4.79 Å². The third-order valence-corrected chi connectivity index (χ3v) is 4.26. The number of aromatic amines is 1. The van der Waals surface area contributed by atoms with Crippen LogP contribution in [0.3, 0.4) is 0 Å². The number of carbonyl (C=O) groups excluding carboxylic acids is 1. The molecule has 0 aliphatic heterocycles. The molecule has 2 N–H and O–H groups in total. The summed E-state index contributed by atoms with van der Waals surface area (Å²) in [5.74, 6) is 0.834. The second kappa shape index (κ2) is 6.81. The monoisotopic (exact) mass is 310 g/mol. The highest BCUT2D eigenvalue weighted by molar-refractivity contribution is 7.71. The summed E-state index contributed by atoms with van der Waals surface area (Å²) >= 11 is 6.83. The third-order valence-electron chi connectivity index (χ3n) is 3.08. The first kappa shape index (κ1) is 14.9. The number of thiophene rings is 1. The number of amides is 1. The third kappa shape index (κ3) is 3.55. The van der Waals surface area contributed by atoms with Gasteiger partial charge in [-0.1, -0.05) is 13.0 Å². The molecule has 0 aromatic carbocycles. The zero-order valence-electron chi connectivity index (χ0n) is 11.5. The molecule has 0 radical (unpaired) electrons. The largest absolute Gasteiger partial charge is 0.354 e. The summed E-state index contributed by atoms with van der Waals surface area (Å²) < 4.78 is 2.42. The molecule has 2 heterocycles. The van der Waals surface area contributed by atoms with Gasteiger partial charge in [-0.3, -0.25) is 14.5 Å². The van der Waals surface area contributed by atoms with Crippen molar-refractivity contribution < 1.29 is 4.79 Å². The second-order valence-electron chi connectivity index (χ2n) is 4.61. The van der Waals surface area contributed by atoms with Crippen molar-refractivity contribution in [3.8, 4) is 10.7 Å². The Morgan fingerprint density at radius 3 is 3.10 bits per heavy atom. The van der Waals surface area contributed by atoms with Crippen molar-refractivity contribution in [1.29, 1.82) is 0 Å². The van der Waals surface area contributed by atoms with Crippen molar-refractivity contribution in [3.63, 3.8) is 0 Å². The van der Waals surface area contributed by atoms with Gasteiger partial charge in [0, 0.05) is 19.0 Å². The minimum atomic E-state index is 0.0413. The van der Waals surface area contributed by atoms with Crippen molar-refractivity contribution in [3.05, 3.63) is 22.3 Å². The van der Waals surface area contributed by atoms with Crippen LogP contribution >= 0.6 is 23.6 Å². The molecule has 0 aliphatic rings. The summed E-state index contributed by atoms with van der Waals surface area (Å²) in [5, 5.41) is 12.0. The number of nitrogens with zero attached hydrogens (tertiary/aromatic N) is 2. The Morgan fingerprint density at radius 2 is 2.45 bits per heavy atom. The minimum Gasteiger partial charge on any atom is -0.354 e. The van der Waals surface area contributed by atoms with E-state index in [1.807, 2.05) is 35.9 Å². The van der Waals surface area contributed by atoms with Crippen LogP contribution in [-0.4, -0.2) is 26.7 Å². The van der Waals surface area contributed by atoms with Crippen LogP contribution in [0.2, 0.25) is 0 Å². The Kier molecular flexibility index (Phi) is 5.08. The second-order valence-corrected chi connectivity index (χ2v) is 5.94. The summed E-state index contributed by atoms with van der Waals surface area (Å²) in [7, 11) is 0. The van der Waals surface area contributed by atoms with Gasteiger partial charge >= 0.3 is 0 Å². The van der Waals surface area contributed by atoms with E-state index in [1.54, 1.807) is 11.3 Å². The lowest BCUT2D eigenvalue weighted by Crippen LogP contribution is -2.32. The molecule has 0 saturated heterocycles. The standard InChI is InChI=1S/C13H18N4OS2/c1-3-9(2)14-11(18)6-7-17-12(15-16-13(17)19)10-5-4-8-20-10/h4-5,8-9H,3,6-7H2,1-2H3,(H,14,18)(H,16,19). The molecule has 1 amide bonds. The van der Waals surface area contributed by atoms with E-state index in [-0.39, 0.29) is 11.9 Å². The molecule has 108 valence electrons. The fourth-order valence-electron chi connectivity index (χ4n) is 1.78. The number of rotatable bonds is 6. The summed E-state index contributed by atoms with van der Waals surface area (Å²) in [4.78, 5) is 12.9. The normalized spacial score (nSPS) is 12.3. The topological polar surface area (TPSA) is 62.7 Å². The molecule has 1 atom stereocenters. The van der Waals surface area contributed by atoms with Gasteiger partial charge in [0.2, 0.25) is 5.91 Å². The number of hydrogen-bond acceptors (Lipinski definition) is 4. The first-order chi connectivity index (χ1) is 9.61. The van der Waals surface area contributed by atoms with Gasteiger partial charge in [0.15, 0.2) is 10.6 Å². The van der Waals surface area contributed by atoms with Crippen LogP contribution in [0.1, 0.15) is 26.7 Å². The van der Waals surface area contributed by atoms with Gasteiger partial charge in [-0.25, -0.2) is 0 Å². The van der Waals surface area contributed by atoms with Gasteiger partial charge in [-0.05, 0) is 37.0 Å². The molecular weight excluding hydrogens is 292 g/mol. The summed E-state index contributed by atoms with van der Waals surface area (Å²) in [6.07, 6.45) is 1.33. The van der Waals surface area contributed by atoms with E-state index in [1.165, 1.54) is 0 Å². The van der Waals surface area contributed by atoms with Crippen molar-refractivity contribution in [1.82, 2.24) is 20.1 Å². The highest BCUT2D eigenvalue weighted by Crippen LogP contribution is 2.22. The first-order valence-electron chi connectivity index (χ1n) is 6.60. The van der Waals surface area contributed by atoms with Gasteiger partial charge in [0.25, 0.3) is 0 Å². The quantitative estimate of drug-likeness (QED) is 0.806. The molecule has 1 unspecified atom stereocenters. The van der Waals surface area contributed by atoms with E-state index in [4.69, 9.17) is 12.2 Å². The first-order valence-corrected chi connectivity index (χ1v) is 7.89. The summed E-state index contributed by atoms with van der Waals surface area (Å²) in [6, 6.07) is 4.17. The predicted molar refractivity (Wildman–Crippen MR) is 83.2 cm³/mol. The van der Waals surface area contributed by atoms with Crippen LogP contribution in [0.15, 0.2) is 17.5 Å². The van der Waals surface area contributed by atoms with Gasteiger partial charge in [0.1, 0.15) is 0 Å². The Morgan fingerprint density at radius 1 is 1.65 bits per heavy atom. The Bertz CT molecular complexity index is 615. The zero-order valence-corrected chi connectivity index (χ0v) is 13.2. The molecule has 0 bridgehead atoms. The van der Waals surface area contributed by atoms with E-state index in [0.717, 1.165) is 17.1 Å². The van der Waals surface area contributed by atoms with E-state index in [2.05, 4.69) is 15.5 Å². The van der Waals surface area contributed by atoms with Gasteiger partial charge in [0.05, 0.1) is 4.88 Å². The Labute approximate surface area is 127 Å². The van der Waals surface area contributed by atoms with E-state index in [0.29, 0.717) is 17.7 Å². The van der Waals surface area contributed by atoms with Crippen LogP contribution in [0.4, 0.5) is 0 Å². The lowest BCUT2D eigenvalue weighted by molar-refractivity contribution is -0.121. The maximum Gasteiger partial charge on any atom is 0.222 e. The van der Waals surface area contributed by atoms with Crippen LogP contribution < -0.4 is 5.32 Å². The highest BCUT2D eigenvalue weighted by atomic mass is 32.1. The molecular formula is C13H18N4OS2. The van der Waals surface area contributed by atoms with Gasteiger partial charge in [-0.15, -0.1) is 11.3 Å². The fraction of sp³-hybridized carbons (Fsp3) is 0.462. The number of H-pyrrole nitrogens is 1. The number of aromatic nitrogens is 3. The van der Waals surface area contributed by atoms with Crippen LogP contribution in [0.5, 0.6) is 0 Å². The smallest absolute Gasteiger partial charge is 0.222 e. The Balaban J connectivity index is 2.05. The predicted octanol–water partition coefficient (Wildman–Crippen LogP) is 2.97. The van der Waals surface area contributed by atoms with E-state index >= 15 is 0 Å². The molecule has 7 heteroatoms. The van der Waals surface area contributed by atoms with Gasteiger partial charge < -0.3 is 5.32 Å². The van der Waals surface area contributed by atoms with Crippen molar-refractivity contribution in [2.75, 3.05) is 0 Å². The van der Waals surface area contributed by atoms with Crippen molar-refractivity contribution in [2.24, 2.45) is 0 Å². The lowest BCUT2D eigenvalue weighted by Gasteiger charge is -2.11. The molecule has 2 rings (SSSR count).